The Morgan fingerprint density at radius 3 is 2.46 bits per heavy atom. The summed E-state index contributed by atoms with van der Waals surface area (Å²) >= 11 is 5.42. The second kappa shape index (κ2) is 8.15. The molecular formula is C21H24N4S. The standard InChI is InChI=1S/C21H24N4S/c1-15-7-9-18(10-8-15)13-22-21(26)23-20-6-4-5-19(12-20)14-25-17(3)11-16(2)24-25/h4-12H,13-14H2,1-3H3,(H2,22,23,26). The molecule has 0 fully saturated rings. The third kappa shape index (κ3) is 4.92. The van der Waals surface area contributed by atoms with E-state index < -0.39 is 0 Å². The molecule has 134 valence electrons. The van der Waals surface area contributed by atoms with Crippen LogP contribution in [0.25, 0.3) is 0 Å². The van der Waals surface area contributed by atoms with Crippen LogP contribution >= 0.6 is 12.2 Å². The van der Waals surface area contributed by atoms with Gasteiger partial charge in [-0.25, -0.2) is 0 Å². The maximum Gasteiger partial charge on any atom is 0.171 e. The van der Waals surface area contributed by atoms with E-state index in [4.69, 9.17) is 12.2 Å². The number of nitrogens with zero attached hydrogens (tertiary/aromatic N) is 2. The van der Waals surface area contributed by atoms with E-state index in [9.17, 15) is 0 Å². The minimum Gasteiger partial charge on any atom is -0.358 e. The lowest BCUT2D eigenvalue weighted by Crippen LogP contribution is -2.27. The first kappa shape index (κ1) is 18.1. The number of hydrogen-bond donors (Lipinski definition) is 2. The third-order valence-electron chi connectivity index (χ3n) is 4.19. The molecule has 3 rings (SSSR count). The summed E-state index contributed by atoms with van der Waals surface area (Å²) in [7, 11) is 0. The van der Waals surface area contributed by atoms with Crippen LogP contribution in [0.3, 0.4) is 0 Å². The monoisotopic (exact) mass is 364 g/mol. The van der Waals surface area contributed by atoms with Crippen LogP contribution in [0.15, 0.2) is 54.6 Å². The molecule has 2 N–H and O–H groups in total. The van der Waals surface area contributed by atoms with Gasteiger partial charge in [0.2, 0.25) is 0 Å². The number of nitrogens with one attached hydrogen (secondary N) is 2. The molecule has 2 aromatic carbocycles. The molecule has 0 saturated carbocycles. The number of aryl methyl sites for hydroxylation is 3. The van der Waals surface area contributed by atoms with Crippen molar-refractivity contribution in [2.45, 2.75) is 33.9 Å². The van der Waals surface area contributed by atoms with Crippen molar-refractivity contribution in [3.63, 3.8) is 0 Å². The van der Waals surface area contributed by atoms with Crippen LogP contribution in [-0.2, 0) is 13.1 Å². The summed E-state index contributed by atoms with van der Waals surface area (Å²) in [5, 5.41) is 11.7. The van der Waals surface area contributed by atoms with Gasteiger partial charge < -0.3 is 10.6 Å². The molecule has 0 unspecified atom stereocenters. The summed E-state index contributed by atoms with van der Waals surface area (Å²) in [5.41, 5.74) is 6.83. The van der Waals surface area contributed by atoms with Gasteiger partial charge in [-0.1, -0.05) is 42.0 Å². The Bertz CT molecular complexity index is 897. The minimum absolute atomic E-state index is 0.619. The average Bonchev–Trinajstić information content (AvgIpc) is 2.92. The van der Waals surface area contributed by atoms with Crippen molar-refractivity contribution in [2.24, 2.45) is 0 Å². The lowest BCUT2D eigenvalue weighted by atomic mass is 10.1. The molecule has 5 heteroatoms. The number of thiocarbonyl (C=S) groups is 1. The maximum atomic E-state index is 5.42. The zero-order valence-corrected chi connectivity index (χ0v) is 16.2. The molecule has 4 nitrogen and oxygen atoms in total. The van der Waals surface area contributed by atoms with Crippen molar-refractivity contribution in [1.29, 1.82) is 0 Å². The second-order valence-electron chi connectivity index (χ2n) is 6.58. The van der Waals surface area contributed by atoms with Gasteiger partial charge in [0.05, 0.1) is 12.2 Å². The van der Waals surface area contributed by atoms with Gasteiger partial charge in [0.15, 0.2) is 5.11 Å². The predicted molar refractivity (Wildman–Crippen MR) is 111 cm³/mol. The topological polar surface area (TPSA) is 41.9 Å². The Labute approximate surface area is 160 Å². The highest BCUT2D eigenvalue weighted by Gasteiger charge is 2.04. The SMILES string of the molecule is Cc1ccc(CNC(=S)Nc2cccc(Cn3nc(C)cc3C)c2)cc1. The van der Waals surface area contributed by atoms with E-state index in [2.05, 4.69) is 72.0 Å². The Kier molecular flexibility index (Phi) is 5.68. The molecule has 0 saturated heterocycles. The van der Waals surface area contributed by atoms with Gasteiger partial charge in [-0.2, -0.15) is 5.10 Å². The number of benzene rings is 2. The van der Waals surface area contributed by atoms with Crippen molar-refractivity contribution in [1.82, 2.24) is 15.1 Å². The van der Waals surface area contributed by atoms with E-state index in [1.807, 2.05) is 23.7 Å². The smallest absolute Gasteiger partial charge is 0.171 e. The van der Waals surface area contributed by atoms with E-state index in [1.54, 1.807) is 0 Å². The molecule has 0 aliphatic carbocycles. The van der Waals surface area contributed by atoms with Crippen molar-refractivity contribution in [2.75, 3.05) is 5.32 Å². The quantitative estimate of drug-likeness (QED) is 0.661. The first-order valence-electron chi connectivity index (χ1n) is 8.70. The zero-order chi connectivity index (χ0) is 18.5. The fraction of sp³-hybridized carbons (Fsp3) is 0.238. The molecule has 26 heavy (non-hydrogen) atoms. The van der Waals surface area contributed by atoms with E-state index in [0.29, 0.717) is 11.7 Å². The Hall–Kier alpha value is -2.66. The van der Waals surface area contributed by atoms with Crippen LogP contribution in [0.4, 0.5) is 5.69 Å². The van der Waals surface area contributed by atoms with E-state index >= 15 is 0 Å². The molecule has 0 aliphatic heterocycles. The summed E-state index contributed by atoms with van der Waals surface area (Å²) in [5.74, 6) is 0. The van der Waals surface area contributed by atoms with Gasteiger partial charge in [-0.15, -0.1) is 0 Å². The number of rotatable bonds is 5. The number of aromatic nitrogens is 2. The third-order valence-corrected chi connectivity index (χ3v) is 4.44. The summed E-state index contributed by atoms with van der Waals surface area (Å²) in [6.07, 6.45) is 0. The molecular weight excluding hydrogens is 340 g/mol. The van der Waals surface area contributed by atoms with Crippen LogP contribution in [0.2, 0.25) is 0 Å². The lowest BCUT2D eigenvalue weighted by molar-refractivity contribution is 0.659. The van der Waals surface area contributed by atoms with E-state index in [1.165, 1.54) is 16.7 Å². The van der Waals surface area contributed by atoms with Crippen LogP contribution in [0.1, 0.15) is 28.1 Å². The highest BCUT2D eigenvalue weighted by molar-refractivity contribution is 7.80. The normalized spacial score (nSPS) is 10.6. The molecule has 0 spiro atoms. The highest BCUT2D eigenvalue weighted by Crippen LogP contribution is 2.13. The fourth-order valence-corrected chi connectivity index (χ4v) is 3.01. The first-order chi connectivity index (χ1) is 12.5. The van der Waals surface area contributed by atoms with Crippen LogP contribution in [-0.4, -0.2) is 14.9 Å². The molecule has 0 atom stereocenters. The molecule has 0 aliphatic rings. The van der Waals surface area contributed by atoms with Gasteiger partial charge in [0, 0.05) is 17.9 Å². The van der Waals surface area contributed by atoms with Gasteiger partial charge in [-0.05, 0) is 62.3 Å². The molecule has 0 amide bonds. The molecule has 0 radical (unpaired) electrons. The first-order valence-corrected chi connectivity index (χ1v) is 9.11. The molecule has 1 aromatic heterocycles. The highest BCUT2D eigenvalue weighted by atomic mass is 32.1. The summed E-state index contributed by atoms with van der Waals surface area (Å²) < 4.78 is 2.02. The van der Waals surface area contributed by atoms with Gasteiger partial charge in [0.1, 0.15) is 0 Å². The summed E-state index contributed by atoms with van der Waals surface area (Å²) in [4.78, 5) is 0. The Balaban J connectivity index is 1.58. The second-order valence-corrected chi connectivity index (χ2v) is 6.99. The molecule has 1 heterocycles. The molecule has 3 aromatic rings. The van der Waals surface area contributed by atoms with Crippen LogP contribution in [0.5, 0.6) is 0 Å². The number of hydrogen-bond acceptors (Lipinski definition) is 2. The predicted octanol–water partition coefficient (Wildman–Crippen LogP) is 4.34. The number of anilines is 1. The van der Waals surface area contributed by atoms with Crippen molar-refractivity contribution in [3.8, 4) is 0 Å². The van der Waals surface area contributed by atoms with Gasteiger partial charge in [0.25, 0.3) is 0 Å². The van der Waals surface area contributed by atoms with Gasteiger partial charge in [-0.3, -0.25) is 4.68 Å². The Morgan fingerprint density at radius 1 is 1.00 bits per heavy atom. The average molecular weight is 365 g/mol. The summed E-state index contributed by atoms with van der Waals surface area (Å²) in [6, 6.07) is 18.8. The Morgan fingerprint density at radius 2 is 1.77 bits per heavy atom. The van der Waals surface area contributed by atoms with E-state index in [0.717, 1.165) is 23.6 Å². The maximum absolute atomic E-state index is 5.42. The molecule has 0 bridgehead atoms. The van der Waals surface area contributed by atoms with Crippen molar-refractivity contribution >= 4 is 23.0 Å². The lowest BCUT2D eigenvalue weighted by Gasteiger charge is -2.12. The zero-order valence-electron chi connectivity index (χ0n) is 15.4. The summed E-state index contributed by atoms with van der Waals surface area (Å²) in [6.45, 7) is 7.63. The fourth-order valence-electron chi connectivity index (χ4n) is 2.82. The van der Waals surface area contributed by atoms with Gasteiger partial charge >= 0.3 is 0 Å². The van der Waals surface area contributed by atoms with Crippen LogP contribution in [0, 0.1) is 20.8 Å². The van der Waals surface area contributed by atoms with Crippen molar-refractivity contribution in [3.05, 3.63) is 82.7 Å². The largest absolute Gasteiger partial charge is 0.358 e. The van der Waals surface area contributed by atoms with Crippen LogP contribution < -0.4 is 10.6 Å². The van der Waals surface area contributed by atoms with Crippen molar-refractivity contribution < 1.29 is 0 Å². The van der Waals surface area contributed by atoms with E-state index in [-0.39, 0.29) is 0 Å². The minimum atomic E-state index is 0.619.